The van der Waals surface area contributed by atoms with Gasteiger partial charge in [-0.05, 0) is 133 Å². The van der Waals surface area contributed by atoms with Crippen molar-refractivity contribution in [2.75, 3.05) is 4.90 Å². The molecule has 0 saturated carbocycles. The molecule has 0 N–H and O–H groups in total. The van der Waals surface area contributed by atoms with E-state index in [1.54, 1.807) is 0 Å². The summed E-state index contributed by atoms with van der Waals surface area (Å²) in [6, 6.07) is 73.2. The normalized spacial score (nSPS) is 15.4. The molecule has 1 aliphatic carbocycles. The van der Waals surface area contributed by atoms with Crippen molar-refractivity contribution in [2.45, 2.75) is 57.8 Å². The van der Waals surface area contributed by atoms with Gasteiger partial charge in [0.15, 0.2) is 8.07 Å². The van der Waals surface area contributed by atoms with Crippen LogP contribution in [0, 0.1) is 0 Å². The molecule has 0 aromatic heterocycles. The quantitative estimate of drug-likeness (QED) is 0.149. The average Bonchev–Trinajstić information content (AvgIpc) is 3.88. The van der Waals surface area contributed by atoms with Crippen molar-refractivity contribution < 1.29 is 0 Å². The summed E-state index contributed by atoms with van der Waals surface area (Å²) in [4.78, 5) is 2.59. The molecule has 0 saturated heterocycles. The minimum absolute atomic E-state index is 0.0136. The molecule has 0 bridgehead atoms. The standard InChI is InChI=1S/C61H49NSi/c1-59(2,3)39-28-31-44-45-32-29-40(60(4,5)6)36-56(45)63(55(44)35-39)54-26-16-10-19-43(54)46-33-30-41(37-57(46)63)62-52-24-14-12-22-49(52)61(50-23-13-15-25-53(50)62)48-21-11-9-20-47(48)58-42-18-8-7-17-38(42)27-34-51(58)61/h7-37H,1-6H3. The van der Waals surface area contributed by atoms with E-state index in [-0.39, 0.29) is 10.8 Å². The van der Waals surface area contributed by atoms with Crippen molar-refractivity contribution in [3.63, 3.8) is 0 Å². The van der Waals surface area contributed by atoms with Gasteiger partial charge in [0.25, 0.3) is 0 Å². The van der Waals surface area contributed by atoms with Crippen LogP contribution in [0.3, 0.4) is 0 Å². The zero-order chi connectivity index (χ0) is 42.6. The number of hydrogen-bond acceptors (Lipinski definition) is 1. The van der Waals surface area contributed by atoms with E-state index >= 15 is 0 Å². The van der Waals surface area contributed by atoms with Crippen LogP contribution in [0.15, 0.2) is 188 Å². The molecule has 2 spiro atoms. The molecule has 13 rings (SSSR count). The van der Waals surface area contributed by atoms with E-state index in [0.717, 1.165) is 0 Å². The molecule has 63 heavy (non-hydrogen) atoms. The summed E-state index contributed by atoms with van der Waals surface area (Å²) >= 11 is 0. The van der Waals surface area contributed by atoms with Gasteiger partial charge in [-0.15, -0.1) is 0 Å². The van der Waals surface area contributed by atoms with Gasteiger partial charge in [0.05, 0.1) is 16.8 Å². The predicted octanol–water partition coefficient (Wildman–Crippen LogP) is 12.9. The molecular weight excluding hydrogens is 775 g/mol. The van der Waals surface area contributed by atoms with Crippen molar-refractivity contribution in [3.8, 4) is 33.4 Å². The summed E-state index contributed by atoms with van der Waals surface area (Å²) < 4.78 is 0. The van der Waals surface area contributed by atoms with Crippen LogP contribution in [0.4, 0.5) is 17.1 Å². The number of benzene rings is 9. The third-order valence-corrected chi connectivity index (χ3v) is 20.1. The molecule has 0 amide bonds. The molecule has 1 nitrogen and oxygen atoms in total. The zero-order valence-corrected chi connectivity index (χ0v) is 37.8. The Morgan fingerprint density at radius 1 is 0.381 bits per heavy atom. The fraction of sp³-hybridized carbons (Fsp3) is 0.148. The minimum atomic E-state index is -2.83. The molecule has 4 aliphatic rings. The van der Waals surface area contributed by atoms with Gasteiger partial charge in [0.2, 0.25) is 0 Å². The third-order valence-electron chi connectivity index (χ3n) is 15.2. The van der Waals surface area contributed by atoms with Crippen LogP contribution in [0.1, 0.15) is 74.9 Å². The first-order valence-electron chi connectivity index (χ1n) is 22.7. The molecule has 0 fully saturated rings. The van der Waals surface area contributed by atoms with Gasteiger partial charge in [0.1, 0.15) is 0 Å². The van der Waals surface area contributed by atoms with Gasteiger partial charge in [0, 0.05) is 5.69 Å². The van der Waals surface area contributed by atoms with Crippen LogP contribution >= 0.6 is 0 Å². The number of anilines is 3. The first kappa shape index (κ1) is 36.9. The van der Waals surface area contributed by atoms with E-state index < -0.39 is 13.5 Å². The highest BCUT2D eigenvalue weighted by molar-refractivity contribution is 7.24. The Bertz CT molecular complexity index is 3330. The second kappa shape index (κ2) is 12.5. The summed E-state index contributed by atoms with van der Waals surface area (Å²) in [7, 11) is -2.83. The van der Waals surface area contributed by atoms with Crippen molar-refractivity contribution in [1.29, 1.82) is 0 Å². The summed E-state index contributed by atoms with van der Waals surface area (Å²) in [6.07, 6.45) is 0. The molecule has 3 aliphatic heterocycles. The molecule has 0 unspecified atom stereocenters. The van der Waals surface area contributed by atoms with Gasteiger partial charge in [-0.1, -0.05) is 205 Å². The van der Waals surface area contributed by atoms with Gasteiger partial charge >= 0.3 is 0 Å². The summed E-state index contributed by atoms with van der Waals surface area (Å²) in [6.45, 7) is 14.2. The second-order valence-corrected chi connectivity index (χ2v) is 24.1. The highest BCUT2D eigenvalue weighted by atomic mass is 28.3. The van der Waals surface area contributed by atoms with E-state index in [1.807, 2.05) is 0 Å². The maximum Gasteiger partial charge on any atom is 0.182 e. The summed E-state index contributed by atoms with van der Waals surface area (Å²) in [5.74, 6) is 0. The van der Waals surface area contributed by atoms with E-state index in [4.69, 9.17) is 0 Å². The lowest BCUT2D eigenvalue weighted by atomic mass is 9.64. The van der Waals surface area contributed by atoms with Crippen LogP contribution in [0.5, 0.6) is 0 Å². The molecular formula is C61H49NSi. The Labute approximate surface area is 372 Å². The number of nitrogens with zero attached hydrogens (tertiary/aromatic N) is 1. The van der Waals surface area contributed by atoms with Crippen LogP contribution < -0.4 is 25.6 Å². The molecule has 0 radical (unpaired) electrons. The largest absolute Gasteiger partial charge is 0.310 e. The van der Waals surface area contributed by atoms with Crippen molar-refractivity contribution in [1.82, 2.24) is 0 Å². The fourth-order valence-electron chi connectivity index (χ4n) is 12.4. The zero-order valence-electron chi connectivity index (χ0n) is 36.8. The molecule has 0 atom stereocenters. The number of rotatable bonds is 1. The Morgan fingerprint density at radius 3 is 1.51 bits per heavy atom. The van der Waals surface area contributed by atoms with Crippen LogP contribution in [0.2, 0.25) is 0 Å². The third kappa shape index (κ3) is 4.62. The van der Waals surface area contributed by atoms with Crippen molar-refractivity contribution in [2.24, 2.45) is 0 Å². The maximum atomic E-state index is 2.63. The average molecular weight is 824 g/mol. The molecule has 302 valence electrons. The number of para-hydroxylation sites is 2. The molecule has 9 aromatic carbocycles. The van der Waals surface area contributed by atoms with E-state index in [9.17, 15) is 0 Å². The van der Waals surface area contributed by atoms with Crippen LogP contribution in [-0.2, 0) is 16.2 Å². The topological polar surface area (TPSA) is 3.24 Å². The van der Waals surface area contributed by atoms with Gasteiger partial charge in [-0.3, -0.25) is 0 Å². The van der Waals surface area contributed by atoms with Crippen LogP contribution in [-0.4, -0.2) is 8.07 Å². The van der Waals surface area contributed by atoms with Gasteiger partial charge in [-0.2, -0.15) is 0 Å². The van der Waals surface area contributed by atoms with Crippen LogP contribution in [0.25, 0.3) is 44.2 Å². The fourth-order valence-corrected chi connectivity index (χ4v) is 18.1. The molecule has 2 heteroatoms. The lowest BCUT2D eigenvalue weighted by molar-refractivity contribution is 0.590. The second-order valence-electron chi connectivity index (χ2n) is 20.4. The Hall–Kier alpha value is -6.74. The van der Waals surface area contributed by atoms with E-state index in [0.29, 0.717) is 0 Å². The van der Waals surface area contributed by atoms with Crippen molar-refractivity contribution in [3.05, 3.63) is 221 Å². The Morgan fingerprint density at radius 2 is 0.873 bits per heavy atom. The molecule has 3 heterocycles. The minimum Gasteiger partial charge on any atom is -0.310 e. The monoisotopic (exact) mass is 823 g/mol. The maximum absolute atomic E-state index is 2.83. The van der Waals surface area contributed by atoms with Crippen molar-refractivity contribution >= 4 is 56.7 Å². The smallest absolute Gasteiger partial charge is 0.182 e. The Kier molecular flexibility index (Phi) is 7.29. The highest BCUT2D eigenvalue weighted by Gasteiger charge is 2.56. The summed E-state index contributed by atoms with van der Waals surface area (Å²) in [5.41, 5.74) is 19.6. The highest BCUT2D eigenvalue weighted by Crippen LogP contribution is 2.64. The van der Waals surface area contributed by atoms with E-state index in [2.05, 4.69) is 234 Å². The van der Waals surface area contributed by atoms with E-state index in [1.165, 1.54) is 115 Å². The first-order valence-corrected chi connectivity index (χ1v) is 24.7. The number of hydrogen-bond donors (Lipinski definition) is 0. The van der Waals surface area contributed by atoms with Gasteiger partial charge in [-0.25, -0.2) is 0 Å². The Balaban J connectivity index is 1.11. The summed E-state index contributed by atoms with van der Waals surface area (Å²) in [5, 5.41) is 8.66. The SMILES string of the molecule is CC(C)(C)c1ccc2c(c1)[Si]1(c3ccccc3-c3ccc(N4c5ccccc5C5(c6ccccc6-c6c5ccc5ccccc65)c5ccccc54)cc31)c1cc(C(C)(C)C)ccc1-2. The number of fused-ring (bicyclic) bond motifs is 21. The lowest BCUT2D eigenvalue weighted by Crippen LogP contribution is -2.71. The lowest BCUT2D eigenvalue weighted by Gasteiger charge is -2.45. The molecule has 9 aromatic rings. The predicted molar refractivity (Wildman–Crippen MR) is 268 cm³/mol. The first-order chi connectivity index (χ1) is 30.5. The van der Waals surface area contributed by atoms with Gasteiger partial charge < -0.3 is 4.90 Å².